The minimum Gasteiger partial charge on any atom is -0.495 e. The van der Waals surface area contributed by atoms with Crippen LogP contribution in [-0.4, -0.2) is 112 Å². The number of guanidine groups is 1. The fourth-order valence-electron chi connectivity index (χ4n) is 12.2. The summed E-state index contributed by atoms with van der Waals surface area (Å²) < 4.78 is 43.8. The van der Waals surface area contributed by atoms with Crippen molar-refractivity contribution in [1.82, 2.24) is 15.5 Å². The molecule has 466 valence electrons. The maximum absolute atomic E-state index is 16.2. The van der Waals surface area contributed by atoms with E-state index in [0.29, 0.717) is 86.7 Å². The number of amidine groups is 1. The average Bonchev–Trinajstić information content (AvgIpc) is 1.62. The van der Waals surface area contributed by atoms with Gasteiger partial charge in [0.1, 0.15) is 34.4 Å². The number of halogens is 4. The lowest BCUT2D eigenvalue weighted by molar-refractivity contribution is -0.131. The SMILES string of the molecule is C=CC(=O)Nc1cccc(N2C(=O)C=C(C)C3CN=C(Nc4ccc(N5CCN(C(=O)CCCCCCCNC(=O)c6ccc(NC(=O)C7NC(CC(C)(C)C)C(C#N)(c8ccc(Cl)cc8F)C7c7cccc(Cl)c7F)c(OC)c6)CC5)cc4OC)N=C32)c1. The van der Waals surface area contributed by atoms with E-state index in [0.717, 1.165) is 49.4 Å². The molecular weight excluding hydrogens is 1180 g/mol. The Balaban J connectivity index is 0.725. The molecule has 5 aromatic rings. The van der Waals surface area contributed by atoms with Crippen molar-refractivity contribution < 1.29 is 42.2 Å². The molecule has 0 bridgehead atoms. The molecule has 0 aliphatic carbocycles. The second-order valence-electron chi connectivity index (χ2n) is 23.7. The molecule has 2 fully saturated rings. The van der Waals surface area contributed by atoms with E-state index in [-0.39, 0.29) is 67.7 Å². The molecule has 89 heavy (non-hydrogen) atoms. The fourth-order valence-corrected chi connectivity index (χ4v) is 12.5. The van der Waals surface area contributed by atoms with Crippen molar-refractivity contribution >= 4 is 93.0 Å². The molecule has 4 heterocycles. The van der Waals surface area contributed by atoms with Gasteiger partial charge >= 0.3 is 0 Å². The normalized spacial score (nSPS) is 19.9. The minimum absolute atomic E-state index is 0.0443. The number of benzene rings is 5. The molecule has 5 amide bonds. The molecule has 18 nitrogen and oxygen atoms in total. The number of amides is 5. The first kappa shape index (κ1) is 64.8. The van der Waals surface area contributed by atoms with Gasteiger partial charge < -0.3 is 45.9 Å². The number of fused-ring (bicyclic) bond motifs is 1. The number of nitrogens with one attached hydrogen (secondary N) is 5. The Morgan fingerprint density at radius 2 is 1.58 bits per heavy atom. The van der Waals surface area contributed by atoms with E-state index in [1.807, 2.05) is 50.8 Å². The predicted octanol–water partition coefficient (Wildman–Crippen LogP) is 11.6. The van der Waals surface area contributed by atoms with Crippen LogP contribution < -0.4 is 45.9 Å². The molecule has 4 aliphatic rings. The Kier molecular flexibility index (Phi) is 20.6. The zero-order chi connectivity index (χ0) is 63.7. The molecule has 0 spiro atoms. The van der Waals surface area contributed by atoms with Gasteiger partial charge in [0.15, 0.2) is 0 Å². The van der Waals surface area contributed by atoms with Gasteiger partial charge in [-0.25, -0.2) is 13.8 Å². The highest BCUT2D eigenvalue weighted by Crippen LogP contribution is 2.53. The molecule has 0 aromatic heterocycles. The van der Waals surface area contributed by atoms with Gasteiger partial charge in [-0.3, -0.25) is 28.9 Å². The van der Waals surface area contributed by atoms with Gasteiger partial charge in [0.05, 0.1) is 60.9 Å². The number of methoxy groups -OCH3 is 2. The Hall–Kier alpha value is -8.64. The van der Waals surface area contributed by atoms with Crippen LogP contribution in [0.3, 0.4) is 0 Å². The number of carbonyl (C=O) groups excluding carboxylic acids is 5. The quantitative estimate of drug-likeness (QED) is 0.0343. The van der Waals surface area contributed by atoms with Crippen LogP contribution in [0.25, 0.3) is 0 Å². The van der Waals surface area contributed by atoms with E-state index < -0.39 is 46.4 Å². The third kappa shape index (κ3) is 14.6. The van der Waals surface area contributed by atoms with Gasteiger partial charge in [-0.1, -0.05) is 99.7 Å². The van der Waals surface area contributed by atoms with Crippen LogP contribution in [0.15, 0.2) is 131 Å². The van der Waals surface area contributed by atoms with Gasteiger partial charge in [0.2, 0.25) is 23.7 Å². The number of carbonyl (C=O) groups is 5. The zero-order valence-corrected chi connectivity index (χ0v) is 52.2. The number of piperazine rings is 1. The Bertz CT molecular complexity index is 3690. The summed E-state index contributed by atoms with van der Waals surface area (Å²) in [6.45, 7) is 14.5. The first-order valence-electron chi connectivity index (χ1n) is 29.7. The molecule has 2 saturated heterocycles. The van der Waals surface area contributed by atoms with Crippen molar-refractivity contribution in [3.8, 4) is 17.6 Å². The van der Waals surface area contributed by atoms with Crippen molar-refractivity contribution in [3.63, 3.8) is 0 Å². The van der Waals surface area contributed by atoms with Crippen molar-refractivity contribution in [2.75, 3.05) is 79.2 Å². The van der Waals surface area contributed by atoms with Gasteiger partial charge in [-0.05, 0) is 110 Å². The van der Waals surface area contributed by atoms with Gasteiger partial charge in [-0.15, -0.1) is 0 Å². The number of anilines is 5. The Morgan fingerprint density at radius 1 is 0.865 bits per heavy atom. The number of hydrogen-bond donors (Lipinski definition) is 5. The Morgan fingerprint density at radius 3 is 2.30 bits per heavy atom. The maximum atomic E-state index is 16.2. The second kappa shape index (κ2) is 28.2. The smallest absolute Gasteiger partial charge is 0.256 e. The number of rotatable bonds is 21. The average molecular weight is 1250 g/mol. The summed E-state index contributed by atoms with van der Waals surface area (Å²) in [5.41, 5.74) is 1.64. The molecule has 0 saturated carbocycles. The highest BCUT2D eigenvalue weighted by Gasteiger charge is 2.61. The molecule has 5 unspecified atom stereocenters. The third-order valence-electron chi connectivity index (χ3n) is 16.6. The number of aliphatic imine (C=N–C) groups is 2. The lowest BCUT2D eigenvalue weighted by Crippen LogP contribution is -2.48. The van der Waals surface area contributed by atoms with E-state index in [4.69, 9.17) is 42.7 Å². The van der Waals surface area contributed by atoms with E-state index in [2.05, 4.69) is 44.1 Å². The largest absolute Gasteiger partial charge is 0.495 e. The van der Waals surface area contributed by atoms with E-state index in [1.54, 1.807) is 43.5 Å². The van der Waals surface area contributed by atoms with Crippen LogP contribution in [0.4, 0.5) is 37.2 Å². The molecule has 4 aliphatic heterocycles. The summed E-state index contributed by atoms with van der Waals surface area (Å²) in [5.74, 6) is -3.06. The van der Waals surface area contributed by atoms with Crippen molar-refractivity contribution in [2.45, 2.75) is 96.1 Å². The summed E-state index contributed by atoms with van der Waals surface area (Å²) in [6, 6.07) is 25.9. The summed E-state index contributed by atoms with van der Waals surface area (Å²) >= 11 is 12.5. The Labute approximate surface area is 527 Å². The topological polar surface area (TPSA) is 222 Å². The van der Waals surface area contributed by atoms with Crippen LogP contribution in [0.5, 0.6) is 11.5 Å². The van der Waals surface area contributed by atoms with Crippen molar-refractivity contribution in [1.29, 1.82) is 5.26 Å². The number of nitriles is 1. The molecular formula is C67H73Cl2F2N11O7. The lowest BCUT2D eigenvalue weighted by Gasteiger charge is -2.37. The standard InChI is InChI=1S/C67H73Cl2F2N11O7/c1-8-56(83)75-43-16-14-17-45(35-43)82-58(85)32-40(2)47-38-74-65(79-62(47)82)77-52-26-23-44(36-54(52)89-7)80-28-30-81(31-29-80)57(84)20-12-10-9-11-13-27-73-63(86)41-21-25-51(53(33-41)88-6)76-64(87)61-59(46-18-15-19-49(69)60(46)71)67(39-72,55(78-61)37-66(3,4)5)48-24-22-42(68)34-50(48)70/h8,14-19,21-26,32-36,47,55,59,61,78H,1,9-13,20,27-31,37-38H2,2-7H3,(H,73,86)(H,74,77)(H,75,83)(H,76,87). The van der Waals surface area contributed by atoms with Crippen LogP contribution in [0.1, 0.15) is 100 Å². The van der Waals surface area contributed by atoms with Crippen molar-refractivity contribution in [2.24, 2.45) is 21.3 Å². The van der Waals surface area contributed by atoms with Gasteiger partial charge in [-0.2, -0.15) is 10.3 Å². The molecule has 22 heteroatoms. The number of unbranched alkanes of at least 4 members (excludes halogenated alkanes) is 4. The van der Waals surface area contributed by atoms with E-state index in [1.165, 1.54) is 60.6 Å². The molecule has 9 rings (SSSR count). The monoisotopic (exact) mass is 1250 g/mol. The third-order valence-corrected chi connectivity index (χ3v) is 17.1. The number of hydrogen-bond acceptors (Lipinski definition) is 13. The van der Waals surface area contributed by atoms with Gasteiger partial charge in [0.25, 0.3) is 11.8 Å². The van der Waals surface area contributed by atoms with Crippen molar-refractivity contribution in [3.05, 3.63) is 160 Å². The van der Waals surface area contributed by atoms with Crippen LogP contribution >= 0.6 is 23.2 Å². The van der Waals surface area contributed by atoms with E-state index >= 15 is 8.78 Å². The van der Waals surface area contributed by atoms with E-state index in [9.17, 15) is 29.2 Å². The summed E-state index contributed by atoms with van der Waals surface area (Å²) in [7, 11) is 2.99. The minimum atomic E-state index is -1.82. The number of nitrogens with zero attached hydrogens (tertiary/aromatic N) is 6. The molecule has 0 radical (unpaired) electrons. The molecule has 5 N–H and O–H groups in total. The first-order chi connectivity index (χ1) is 42.7. The summed E-state index contributed by atoms with van der Waals surface area (Å²) in [4.78, 5) is 82.1. The van der Waals surface area contributed by atoms with Crippen LogP contribution in [0.2, 0.25) is 10.0 Å². The van der Waals surface area contributed by atoms with Crippen LogP contribution in [-0.2, 0) is 24.6 Å². The predicted molar refractivity (Wildman–Crippen MR) is 344 cm³/mol. The summed E-state index contributed by atoms with van der Waals surface area (Å²) in [5, 5.41) is 26.3. The van der Waals surface area contributed by atoms with Gasteiger partial charge in [0, 0.05) is 90.8 Å². The highest BCUT2D eigenvalue weighted by atomic mass is 35.5. The zero-order valence-electron chi connectivity index (χ0n) is 50.7. The molecule has 5 atom stereocenters. The lowest BCUT2D eigenvalue weighted by atomic mass is 9.62. The maximum Gasteiger partial charge on any atom is 0.256 e. The second-order valence-corrected chi connectivity index (χ2v) is 24.6. The first-order valence-corrected chi connectivity index (χ1v) is 30.4. The van der Waals surface area contributed by atoms with Crippen LogP contribution in [0, 0.1) is 34.3 Å². The highest BCUT2D eigenvalue weighted by molar-refractivity contribution is 6.31. The summed E-state index contributed by atoms with van der Waals surface area (Å²) in [6.07, 6.45) is 7.56. The molecule has 5 aromatic carbocycles. The fraction of sp³-hybridized carbons (Fsp3) is 0.373. The number of ether oxygens (including phenoxy) is 2.